The Morgan fingerprint density at radius 2 is 2.00 bits per heavy atom. The molecule has 0 unspecified atom stereocenters. The Kier molecular flexibility index (Phi) is 3.21. The maximum Gasteiger partial charge on any atom is 0.574 e. The van der Waals surface area contributed by atoms with Gasteiger partial charge in [-0.05, 0) is 13.0 Å². The number of aromatic hydroxyl groups is 1. The molecule has 10 heteroatoms. The monoisotopic (exact) mass is 272 g/mol. The first-order valence-electron chi connectivity index (χ1n) is 4.00. The van der Waals surface area contributed by atoms with Crippen molar-refractivity contribution in [1.82, 2.24) is 4.98 Å². The highest BCUT2D eigenvalue weighted by molar-refractivity contribution is 7.89. The third-order valence-corrected chi connectivity index (χ3v) is 2.43. The molecular formula is C7H7F3N2O4S. The molecule has 0 spiro atoms. The molecule has 17 heavy (non-hydrogen) atoms. The van der Waals surface area contributed by atoms with Crippen LogP contribution in [-0.4, -0.2) is 24.9 Å². The Bertz CT molecular complexity index is 541. The molecule has 0 fully saturated rings. The first-order valence-corrected chi connectivity index (χ1v) is 5.54. The molecule has 0 saturated heterocycles. The van der Waals surface area contributed by atoms with Crippen molar-refractivity contribution in [2.24, 2.45) is 5.14 Å². The fourth-order valence-electron chi connectivity index (χ4n) is 0.989. The van der Waals surface area contributed by atoms with E-state index in [9.17, 15) is 26.7 Å². The van der Waals surface area contributed by atoms with E-state index in [0.29, 0.717) is 0 Å². The van der Waals surface area contributed by atoms with Crippen molar-refractivity contribution in [3.8, 4) is 11.6 Å². The highest BCUT2D eigenvalue weighted by Gasteiger charge is 2.33. The number of nitrogens with zero attached hydrogens (tertiary/aromatic N) is 1. The van der Waals surface area contributed by atoms with Crippen molar-refractivity contribution < 1.29 is 31.4 Å². The minimum atomic E-state index is -5.02. The molecule has 1 rings (SSSR count). The van der Waals surface area contributed by atoms with Gasteiger partial charge in [-0.2, -0.15) is 4.98 Å². The molecule has 96 valence electrons. The van der Waals surface area contributed by atoms with E-state index in [-0.39, 0.29) is 5.56 Å². The molecule has 0 bridgehead atoms. The highest BCUT2D eigenvalue weighted by Crippen LogP contribution is 2.29. The summed E-state index contributed by atoms with van der Waals surface area (Å²) in [6.07, 6.45) is -5.02. The van der Waals surface area contributed by atoms with Gasteiger partial charge in [0.2, 0.25) is 10.9 Å². The average Bonchev–Trinajstić information content (AvgIpc) is 2.05. The summed E-state index contributed by atoms with van der Waals surface area (Å²) in [7, 11) is -4.44. The number of aromatic nitrogens is 1. The predicted molar refractivity (Wildman–Crippen MR) is 48.7 cm³/mol. The molecular weight excluding hydrogens is 265 g/mol. The standard InChI is InChI=1S/C7H7F3N2O4S/c1-3-2-4(13)6(17(11,14)15)12-5(3)16-7(8,9)10/h2,13H,1H3,(H2,11,14,15). The molecule has 0 aromatic carbocycles. The molecule has 0 amide bonds. The van der Waals surface area contributed by atoms with Crippen LogP contribution >= 0.6 is 0 Å². The summed E-state index contributed by atoms with van der Waals surface area (Å²) in [6, 6.07) is 0.758. The van der Waals surface area contributed by atoms with E-state index in [4.69, 9.17) is 0 Å². The van der Waals surface area contributed by atoms with Gasteiger partial charge in [0.15, 0.2) is 5.75 Å². The number of sulfonamides is 1. The van der Waals surface area contributed by atoms with Crippen LogP contribution in [0.3, 0.4) is 0 Å². The number of ether oxygens (including phenoxy) is 1. The molecule has 0 atom stereocenters. The van der Waals surface area contributed by atoms with Gasteiger partial charge in [-0.25, -0.2) is 13.6 Å². The Hall–Kier alpha value is -1.55. The second kappa shape index (κ2) is 4.04. The van der Waals surface area contributed by atoms with E-state index in [1.165, 1.54) is 0 Å². The van der Waals surface area contributed by atoms with Gasteiger partial charge in [-0.3, -0.25) is 0 Å². The quantitative estimate of drug-likeness (QED) is 0.822. The number of nitrogens with two attached hydrogens (primary N) is 1. The number of hydrogen-bond acceptors (Lipinski definition) is 5. The van der Waals surface area contributed by atoms with E-state index < -0.39 is 33.0 Å². The molecule has 0 aliphatic heterocycles. The summed E-state index contributed by atoms with van der Waals surface area (Å²) in [5.41, 5.74) is -0.188. The topological polar surface area (TPSA) is 103 Å². The zero-order chi connectivity index (χ0) is 13.4. The third kappa shape index (κ3) is 3.46. The minimum absolute atomic E-state index is 0.188. The van der Waals surface area contributed by atoms with Crippen molar-refractivity contribution in [3.63, 3.8) is 0 Å². The Labute approximate surface area is 93.9 Å². The fourth-order valence-corrected chi connectivity index (χ4v) is 1.55. The van der Waals surface area contributed by atoms with E-state index in [0.717, 1.165) is 13.0 Å². The van der Waals surface area contributed by atoms with Crippen molar-refractivity contribution in [2.45, 2.75) is 18.3 Å². The smallest absolute Gasteiger partial charge is 0.505 e. The van der Waals surface area contributed by atoms with Crippen LogP contribution in [0, 0.1) is 6.92 Å². The molecule has 0 saturated carbocycles. The van der Waals surface area contributed by atoms with Crippen LogP contribution in [-0.2, 0) is 10.0 Å². The SMILES string of the molecule is Cc1cc(O)c(S(N)(=O)=O)nc1OC(F)(F)F. The van der Waals surface area contributed by atoms with Gasteiger partial charge < -0.3 is 9.84 Å². The number of pyridine rings is 1. The molecule has 0 radical (unpaired) electrons. The summed E-state index contributed by atoms with van der Waals surface area (Å²) in [5, 5.41) is 12.8. The maximum atomic E-state index is 11.9. The third-order valence-electron chi connectivity index (χ3n) is 1.59. The summed E-state index contributed by atoms with van der Waals surface area (Å²) >= 11 is 0. The number of primary sulfonamides is 1. The maximum absolute atomic E-state index is 11.9. The number of alkyl halides is 3. The second-order valence-corrected chi connectivity index (χ2v) is 4.50. The van der Waals surface area contributed by atoms with Gasteiger partial charge in [-0.15, -0.1) is 13.2 Å². The van der Waals surface area contributed by atoms with Gasteiger partial charge in [0, 0.05) is 5.56 Å². The zero-order valence-electron chi connectivity index (χ0n) is 8.32. The molecule has 1 heterocycles. The lowest BCUT2D eigenvalue weighted by Crippen LogP contribution is -2.20. The van der Waals surface area contributed by atoms with Crippen LogP contribution < -0.4 is 9.88 Å². The summed E-state index contributed by atoms with van der Waals surface area (Å²) in [6.45, 7) is 1.15. The van der Waals surface area contributed by atoms with Gasteiger partial charge in [-0.1, -0.05) is 0 Å². The number of aryl methyl sites for hydroxylation is 1. The Morgan fingerprint density at radius 3 is 2.41 bits per heavy atom. The average molecular weight is 272 g/mol. The van der Waals surface area contributed by atoms with Crippen molar-refractivity contribution in [3.05, 3.63) is 11.6 Å². The van der Waals surface area contributed by atoms with Crippen LogP contribution in [0.5, 0.6) is 11.6 Å². The summed E-state index contributed by atoms with van der Waals surface area (Å²) < 4.78 is 61.1. The number of rotatable bonds is 2. The molecule has 1 aromatic rings. The minimum Gasteiger partial charge on any atom is -0.505 e. The van der Waals surface area contributed by atoms with Crippen molar-refractivity contribution >= 4 is 10.0 Å². The summed E-state index contributed by atoms with van der Waals surface area (Å²) in [5.74, 6) is -1.83. The van der Waals surface area contributed by atoms with E-state index in [1.807, 2.05) is 0 Å². The molecule has 6 nitrogen and oxygen atoms in total. The predicted octanol–water partition coefficient (Wildman–Crippen LogP) is 0.642. The lowest BCUT2D eigenvalue weighted by Gasteiger charge is -2.11. The normalized spacial score (nSPS) is 12.5. The van der Waals surface area contributed by atoms with Crippen LogP contribution in [0.2, 0.25) is 0 Å². The van der Waals surface area contributed by atoms with E-state index in [1.54, 1.807) is 0 Å². The lowest BCUT2D eigenvalue weighted by atomic mass is 10.3. The van der Waals surface area contributed by atoms with Crippen LogP contribution in [0.4, 0.5) is 13.2 Å². The van der Waals surface area contributed by atoms with Gasteiger partial charge in [0.1, 0.15) is 0 Å². The Morgan fingerprint density at radius 1 is 1.47 bits per heavy atom. The van der Waals surface area contributed by atoms with E-state index in [2.05, 4.69) is 14.9 Å². The number of hydrogen-bond donors (Lipinski definition) is 2. The second-order valence-electron chi connectivity index (χ2n) is 3.03. The first kappa shape index (κ1) is 13.5. The van der Waals surface area contributed by atoms with Crippen molar-refractivity contribution in [1.29, 1.82) is 0 Å². The number of halogens is 3. The molecule has 0 aliphatic rings. The van der Waals surface area contributed by atoms with Crippen LogP contribution in [0.25, 0.3) is 0 Å². The highest BCUT2D eigenvalue weighted by atomic mass is 32.2. The largest absolute Gasteiger partial charge is 0.574 e. The van der Waals surface area contributed by atoms with Gasteiger partial charge in [0.05, 0.1) is 0 Å². The van der Waals surface area contributed by atoms with Gasteiger partial charge >= 0.3 is 6.36 Å². The van der Waals surface area contributed by atoms with E-state index >= 15 is 0 Å². The molecule has 0 aliphatic carbocycles. The lowest BCUT2D eigenvalue weighted by molar-refractivity contribution is -0.276. The molecule has 1 aromatic heterocycles. The Balaban J connectivity index is 3.35. The van der Waals surface area contributed by atoms with Gasteiger partial charge in [0.25, 0.3) is 10.0 Å². The van der Waals surface area contributed by atoms with Crippen molar-refractivity contribution in [2.75, 3.05) is 0 Å². The molecule has 3 N–H and O–H groups in total. The fraction of sp³-hybridized carbons (Fsp3) is 0.286. The van der Waals surface area contributed by atoms with Crippen LogP contribution in [0.15, 0.2) is 11.1 Å². The summed E-state index contributed by atoms with van der Waals surface area (Å²) in [4.78, 5) is 3.02. The zero-order valence-corrected chi connectivity index (χ0v) is 9.13. The first-order chi connectivity index (χ1) is 7.50. The van der Waals surface area contributed by atoms with Crippen LogP contribution in [0.1, 0.15) is 5.56 Å².